The molecule has 2 N–H and O–H groups in total. The number of nitrogens with zero attached hydrogens (tertiary/aromatic N) is 3. The van der Waals surface area contributed by atoms with Crippen LogP contribution < -0.4 is 15.5 Å². The van der Waals surface area contributed by atoms with Crippen LogP contribution in [0.25, 0.3) is 0 Å². The third-order valence-electron chi connectivity index (χ3n) is 4.88. The first-order valence-corrected chi connectivity index (χ1v) is 9.83. The number of aryl methyl sites for hydroxylation is 2. The van der Waals surface area contributed by atoms with E-state index in [0.29, 0.717) is 5.82 Å². The first-order chi connectivity index (χ1) is 14.0. The summed E-state index contributed by atoms with van der Waals surface area (Å²) in [5.74, 6) is 0.314. The molecular weight excluding hydrogens is 362 g/mol. The second-order valence-corrected chi connectivity index (χ2v) is 6.85. The number of rotatable bonds is 7. The topological polar surface area (TPSA) is 70.2 Å². The maximum atomic E-state index is 12.6. The molecule has 1 heterocycles. The van der Waals surface area contributed by atoms with Gasteiger partial charge in [0.2, 0.25) is 0 Å². The van der Waals surface area contributed by atoms with E-state index in [4.69, 9.17) is 0 Å². The summed E-state index contributed by atoms with van der Waals surface area (Å²) in [5.41, 5.74) is 5.27. The number of amides is 1. The second-order valence-electron chi connectivity index (χ2n) is 6.85. The molecule has 0 fully saturated rings. The SMILES string of the molecule is CCN(CC)c1ccc(NC(=O)c2cnc(Nc3ccccc3C)cn2)c(C)c1. The second kappa shape index (κ2) is 9.19. The minimum Gasteiger partial charge on any atom is -0.372 e. The van der Waals surface area contributed by atoms with Crippen molar-refractivity contribution < 1.29 is 4.79 Å². The molecule has 0 aliphatic heterocycles. The van der Waals surface area contributed by atoms with E-state index in [1.165, 1.54) is 6.20 Å². The quantitative estimate of drug-likeness (QED) is 0.599. The number of nitrogens with one attached hydrogen (secondary N) is 2. The number of anilines is 4. The van der Waals surface area contributed by atoms with Gasteiger partial charge in [-0.15, -0.1) is 0 Å². The largest absolute Gasteiger partial charge is 0.372 e. The van der Waals surface area contributed by atoms with Crippen molar-refractivity contribution in [1.29, 1.82) is 0 Å². The van der Waals surface area contributed by atoms with Gasteiger partial charge in [-0.2, -0.15) is 0 Å². The highest BCUT2D eigenvalue weighted by Crippen LogP contribution is 2.23. The van der Waals surface area contributed by atoms with Gasteiger partial charge in [0.25, 0.3) is 5.91 Å². The standard InChI is InChI=1S/C23H27N5O/c1-5-28(6-2)18-11-12-20(17(4)13-18)27-23(29)21-14-25-22(15-24-21)26-19-10-8-7-9-16(19)3/h7-15H,5-6H2,1-4H3,(H,25,26)(H,27,29). The van der Waals surface area contributed by atoms with Crippen LogP contribution in [-0.2, 0) is 0 Å². The van der Waals surface area contributed by atoms with Crippen molar-refractivity contribution in [2.24, 2.45) is 0 Å². The molecule has 0 unspecified atom stereocenters. The molecule has 0 saturated heterocycles. The van der Waals surface area contributed by atoms with Crippen molar-refractivity contribution in [2.75, 3.05) is 28.6 Å². The molecule has 6 nitrogen and oxygen atoms in total. The van der Waals surface area contributed by atoms with Crippen molar-refractivity contribution >= 4 is 28.8 Å². The van der Waals surface area contributed by atoms with Gasteiger partial charge < -0.3 is 15.5 Å². The highest BCUT2D eigenvalue weighted by molar-refractivity contribution is 6.03. The van der Waals surface area contributed by atoms with Gasteiger partial charge in [-0.05, 0) is 63.1 Å². The number of hydrogen-bond acceptors (Lipinski definition) is 5. The lowest BCUT2D eigenvalue weighted by atomic mass is 10.1. The first-order valence-electron chi connectivity index (χ1n) is 9.83. The number of para-hydroxylation sites is 1. The van der Waals surface area contributed by atoms with Gasteiger partial charge >= 0.3 is 0 Å². The highest BCUT2D eigenvalue weighted by atomic mass is 16.1. The van der Waals surface area contributed by atoms with Gasteiger partial charge in [-0.3, -0.25) is 4.79 Å². The zero-order valence-electron chi connectivity index (χ0n) is 17.4. The van der Waals surface area contributed by atoms with Gasteiger partial charge in [0.1, 0.15) is 11.5 Å². The van der Waals surface area contributed by atoms with Crippen LogP contribution >= 0.6 is 0 Å². The number of aromatic nitrogens is 2. The molecule has 29 heavy (non-hydrogen) atoms. The van der Waals surface area contributed by atoms with Crippen LogP contribution in [0.15, 0.2) is 54.9 Å². The van der Waals surface area contributed by atoms with E-state index in [9.17, 15) is 4.79 Å². The van der Waals surface area contributed by atoms with Crippen LogP contribution in [0.3, 0.4) is 0 Å². The molecule has 0 bridgehead atoms. The fourth-order valence-electron chi connectivity index (χ4n) is 3.12. The van der Waals surface area contributed by atoms with E-state index in [1.807, 2.05) is 50.2 Å². The number of carbonyl (C=O) groups is 1. The normalized spacial score (nSPS) is 10.5. The van der Waals surface area contributed by atoms with Crippen LogP contribution in [0.5, 0.6) is 0 Å². The van der Waals surface area contributed by atoms with Gasteiger partial charge in [0.15, 0.2) is 0 Å². The summed E-state index contributed by atoms with van der Waals surface area (Å²) in [7, 11) is 0. The van der Waals surface area contributed by atoms with Crippen LogP contribution in [0.2, 0.25) is 0 Å². The monoisotopic (exact) mass is 389 g/mol. The Morgan fingerprint density at radius 3 is 2.31 bits per heavy atom. The molecule has 0 aliphatic rings. The Morgan fingerprint density at radius 1 is 0.931 bits per heavy atom. The Hall–Kier alpha value is -3.41. The predicted octanol–water partition coefficient (Wildman–Crippen LogP) is 4.94. The van der Waals surface area contributed by atoms with E-state index in [-0.39, 0.29) is 11.6 Å². The molecule has 2 aromatic carbocycles. The number of hydrogen-bond donors (Lipinski definition) is 2. The number of benzene rings is 2. The maximum Gasteiger partial charge on any atom is 0.275 e. The fourth-order valence-corrected chi connectivity index (χ4v) is 3.12. The van der Waals surface area contributed by atoms with Crippen LogP contribution in [0.4, 0.5) is 22.9 Å². The van der Waals surface area contributed by atoms with Crippen molar-refractivity contribution in [2.45, 2.75) is 27.7 Å². The fraction of sp³-hybridized carbons (Fsp3) is 0.261. The Bertz CT molecular complexity index is 981. The zero-order chi connectivity index (χ0) is 20.8. The molecule has 0 aliphatic carbocycles. The third-order valence-corrected chi connectivity index (χ3v) is 4.88. The minimum atomic E-state index is -0.279. The average Bonchev–Trinajstić information content (AvgIpc) is 2.73. The van der Waals surface area contributed by atoms with Gasteiger partial charge in [-0.25, -0.2) is 9.97 Å². The molecule has 3 aromatic rings. The van der Waals surface area contributed by atoms with E-state index >= 15 is 0 Å². The summed E-state index contributed by atoms with van der Waals surface area (Å²) in [4.78, 5) is 23.4. The van der Waals surface area contributed by atoms with Crippen molar-refractivity contribution in [3.8, 4) is 0 Å². The Kier molecular flexibility index (Phi) is 6.44. The molecule has 0 saturated carbocycles. The van der Waals surface area contributed by atoms with Gasteiger partial charge in [-0.1, -0.05) is 18.2 Å². The maximum absolute atomic E-state index is 12.6. The summed E-state index contributed by atoms with van der Waals surface area (Å²) in [5, 5.41) is 6.14. The molecule has 6 heteroatoms. The molecule has 1 aromatic heterocycles. The Morgan fingerprint density at radius 2 is 1.69 bits per heavy atom. The van der Waals surface area contributed by atoms with Gasteiger partial charge in [0, 0.05) is 30.2 Å². The van der Waals surface area contributed by atoms with Crippen molar-refractivity contribution in [1.82, 2.24) is 9.97 Å². The van der Waals surface area contributed by atoms with E-state index < -0.39 is 0 Å². The lowest BCUT2D eigenvalue weighted by molar-refractivity contribution is 0.102. The summed E-state index contributed by atoms with van der Waals surface area (Å²) in [6.07, 6.45) is 3.05. The minimum absolute atomic E-state index is 0.271. The molecule has 1 amide bonds. The third kappa shape index (κ3) is 4.90. The summed E-state index contributed by atoms with van der Waals surface area (Å²) < 4.78 is 0. The van der Waals surface area contributed by atoms with Crippen LogP contribution in [0, 0.1) is 13.8 Å². The average molecular weight is 390 g/mol. The summed E-state index contributed by atoms with van der Waals surface area (Å²) >= 11 is 0. The summed E-state index contributed by atoms with van der Waals surface area (Å²) in [6.45, 7) is 10.2. The predicted molar refractivity (Wildman–Crippen MR) is 119 cm³/mol. The highest BCUT2D eigenvalue weighted by Gasteiger charge is 2.12. The molecule has 0 radical (unpaired) electrons. The lowest BCUT2D eigenvalue weighted by Crippen LogP contribution is -2.22. The van der Waals surface area contributed by atoms with Gasteiger partial charge in [0.05, 0.1) is 12.4 Å². The first kappa shape index (κ1) is 20.3. The zero-order valence-corrected chi connectivity index (χ0v) is 17.4. The lowest BCUT2D eigenvalue weighted by Gasteiger charge is -2.22. The van der Waals surface area contributed by atoms with Crippen LogP contribution in [0.1, 0.15) is 35.5 Å². The molecular formula is C23H27N5O. The van der Waals surface area contributed by atoms with E-state index in [2.05, 4.69) is 45.4 Å². The molecule has 0 atom stereocenters. The summed E-state index contributed by atoms with van der Waals surface area (Å²) in [6, 6.07) is 14.0. The number of carbonyl (C=O) groups excluding carboxylic acids is 1. The van der Waals surface area contributed by atoms with E-state index in [0.717, 1.165) is 41.3 Å². The van der Waals surface area contributed by atoms with Crippen molar-refractivity contribution in [3.05, 3.63) is 71.7 Å². The molecule has 0 spiro atoms. The molecule has 3 rings (SSSR count). The van der Waals surface area contributed by atoms with Crippen molar-refractivity contribution in [3.63, 3.8) is 0 Å². The smallest absolute Gasteiger partial charge is 0.275 e. The van der Waals surface area contributed by atoms with E-state index in [1.54, 1.807) is 6.20 Å². The Labute approximate surface area is 172 Å². The Balaban J connectivity index is 1.69. The van der Waals surface area contributed by atoms with Crippen LogP contribution in [-0.4, -0.2) is 29.0 Å². The molecule has 150 valence electrons.